The van der Waals surface area contributed by atoms with E-state index in [0.717, 1.165) is 25.1 Å². The monoisotopic (exact) mass is 264 g/mol. The number of nitrogen functional groups attached to an aromatic ring is 1. The first-order chi connectivity index (χ1) is 9.04. The van der Waals surface area contributed by atoms with Crippen LogP contribution in [-0.2, 0) is 4.74 Å². The molecule has 4 heteroatoms. The average Bonchev–Trinajstić information content (AvgIpc) is 2.37. The van der Waals surface area contributed by atoms with Gasteiger partial charge in [0.05, 0.1) is 23.5 Å². The van der Waals surface area contributed by atoms with Gasteiger partial charge < -0.3 is 15.8 Å². The Balaban J connectivity index is 2.61. The summed E-state index contributed by atoms with van der Waals surface area (Å²) in [6.07, 6.45) is 1.90. The summed E-state index contributed by atoms with van der Waals surface area (Å²) in [4.78, 5) is 11.7. The van der Waals surface area contributed by atoms with Crippen LogP contribution in [0, 0.1) is 5.92 Å². The Morgan fingerprint density at radius 2 is 2.16 bits per heavy atom. The van der Waals surface area contributed by atoms with E-state index in [1.54, 1.807) is 12.1 Å². The minimum atomic E-state index is -0.317. The van der Waals surface area contributed by atoms with Crippen molar-refractivity contribution >= 4 is 17.3 Å². The highest BCUT2D eigenvalue weighted by Gasteiger charge is 2.09. The first kappa shape index (κ1) is 15.3. The Bertz CT molecular complexity index is 417. The van der Waals surface area contributed by atoms with Crippen molar-refractivity contribution < 1.29 is 9.53 Å². The molecule has 0 aliphatic rings. The number of carbonyl (C=O) groups is 1. The second-order valence-corrected chi connectivity index (χ2v) is 5.05. The molecule has 0 aromatic heterocycles. The van der Waals surface area contributed by atoms with Gasteiger partial charge in [0.25, 0.3) is 0 Å². The molecule has 0 fully saturated rings. The summed E-state index contributed by atoms with van der Waals surface area (Å²) in [5.74, 6) is 0.333. The topological polar surface area (TPSA) is 64.3 Å². The SMILES string of the molecule is CCCOC(=O)c1ccc(NCCC(C)C)c(N)c1. The van der Waals surface area contributed by atoms with Crippen LogP contribution in [0.3, 0.4) is 0 Å². The van der Waals surface area contributed by atoms with Gasteiger partial charge in [0, 0.05) is 6.54 Å². The third kappa shape index (κ3) is 5.20. The third-order valence-corrected chi connectivity index (χ3v) is 2.76. The van der Waals surface area contributed by atoms with E-state index in [9.17, 15) is 4.79 Å². The molecule has 0 aliphatic carbocycles. The maximum absolute atomic E-state index is 11.7. The van der Waals surface area contributed by atoms with Crippen LogP contribution in [-0.4, -0.2) is 19.1 Å². The molecular weight excluding hydrogens is 240 g/mol. The number of hydrogen-bond acceptors (Lipinski definition) is 4. The number of esters is 1. The molecule has 1 aromatic rings. The Morgan fingerprint density at radius 3 is 2.74 bits per heavy atom. The molecule has 0 saturated heterocycles. The van der Waals surface area contributed by atoms with Gasteiger partial charge in [-0.05, 0) is 37.0 Å². The third-order valence-electron chi connectivity index (χ3n) is 2.76. The Morgan fingerprint density at radius 1 is 1.42 bits per heavy atom. The molecule has 0 spiro atoms. The Labute approximate surface area is 115 Å². The summed E-state index contributed by atoms with van der Waals surface area (Å²) in [5.41, 5.74) is 7.88. The van der Waals surface area contributed by atoms with Crippen molar-refractivity contribution in [1.82, 2.24) is 0 Å². The number of ether oxygens (including phenoxy) is 1. The number of rotatable bonds is 7. The maximum Gasteiger partial charge on any atom is 0.338 e. The lowest BCUT2D eigenvalue weighted by atomic mass is 10.1. The molecule has 0 aliphatic heterocycles. The van der Waals surface area contributed by atoms with E-state index in [0.29, 0.717) is 23.8 Å². The first-order valence-electron chi connectivity index (χ1n) is 6.85. The molecule has 4 nitrogen and oxygen atoms in total. The normalized spacial score (nSPS) is 10.5. The fourth-order valence-electron chi connectivity index (χ4n) is 1.62. The molecule has 0 saturated carbocycles. The second kappa shape index (κ2) is 7.67. The molecule has 0 atom stereocenters. The van der Waals surface area contributed by atoms with E-state index in [-0.39, 0.29) is 5.97 Å². The number of hydrogen-bond donors (Lipinski definition) is 2. The van der Waals surface area contributed by atoms with E-state index in [1.165, 1.54) is 0 Å². The van der Waals surface area contributed by atoms with Gasteiger partial charge in [-0.15, -0.1) is 0 Å². The van der Waals surface area contributed by atoms with Gasteiger partial charge in [-0.25, -0.2) is 4.79 Å². The molecular formula is C15H24N2O2. The summed E-state index contributed by atoms with van der Waals surface area (Å²) in [7, 11) is 0. The molecule has 19 heavy (non-hydrogen) atoms. The smallest absolute Gasteiger partial charge is 0.338 e. The number of benzene rings is 1. The van der Waals surface area contributed by atoms with E-state index in [4.69, 9.17) is 10.5 Å². The molecule has 0 bridgehead atoms. The summed E-state index contributed by atoms with van der Waals surface area (Å²) in [6.45, 7) is 7.63. The standard InChI is InChI=1S/C15H24N2O2/c1-4-9-19-15(18)12-5-6-14(13(16)10-12)17-8-7-11(2)3/h5-6,10-11,17H,4,7-9,16H2,1-3H3. The number of nitrogens with one attached hydrogen (secondary N) is 1. The van der Waals surface area contributed by atoms with Crippen molar-refractivity contribution in [2.75, 3.05) is 24.2 Å². The minimum absolute atomic E-state index is 0.317. The Hall–Kier alpha value is -1.71. The largest absolute Gasteiger partial charge is 0.462 e. The van der Waals surface area contributed by atoms with Gasteiger partial charge >= 0.3 is 5.97 Å². The highest BCUT2D eigenvalue weighted by molar-refractivity contribution is 5.91. The molecule has 0 radical (unpaired) electrons. The van der Waals surface area contributed by atoms with Crippen LogP contribution in [0.5, 0.6) is 0 Å². The summed E-state index contributed by atoms with van der Waals surface area (Å²) >= 11 is 0. The molecule has 0 amide bonds. The van der Waals surface area contributed by atoms with Crippen molar-refractivity contribution in [2.24, 2.45) is 5.92 Å². The molecule has 1 rings (SSSR count). The number of nitrogens with two attached hydrogens (primary N) is 1. The van der Waals surface area contributed by atoms with Gasteiger partial charge in [-0.3, -0.25) is 0 Å². The number of anilines is 2. The predicted molar refractivity (Wildman–Crippen MR) is 79.4 cm³/mol. The van der Waals surface area contributed by atoms with Gasteiger partial charge in [-0.2, -0.15) is 0 Å². The fourth-order valence-corrected chi connectivity index (χ4v) is 1.62. The quantitative estimate of drug-likeness (QED) is 0.586. The van der Waals surface area contributed by atoms with Crippen LogP contribution >= 0.6 is 0 Å². The van der Waals surface area contributed by atoms with Gasteiger partial charge in [-0.1, -0.05) is 20.8 Å². The van der Waals surface area contributed by atoms with Crippen LogP contribution < -0.4 is 11.1 Å². The van der Waals surface area contributed by atoms with E-state index >= 15 is 0 Å². The maximum atomic E-state index is 11.7. The summed E-state index contributed by atoms with van der Waals surface area (Å²) in [6, 6.07) is 5.24. The summed E-state index contributed by atoms with van der Waals surface area (Å²) in [5, 5.41) is 3.28. The highest BCUT2D eigenvalue weighted by atomic mass is 16.5. The average molecular weight is 264 g/mol. The second-order valence-electron chi connectivity index (χ2n) is 5.05. The fraction of sp³-hybridized carbons (Fsp3) is 0.533. The van der Waals surface area contributed by atoms with Crippen LogP contribution in [0.2, 0.25) is 0 Å². The first-order valence-corrected chi connectivity index (χ1v) is 6.85. The lowest BCUT2D eigenvalue weighted by molar-refractivity contribution is 0.0505. The van der Waals surface area contributed by atoms with Crippen LogP contribution in [0.4, 0.5) is 11.4 Å². The van der Waals surface area contributed by atoms with Crippen LogP contribution in [0.15, 0.2) is 18.2 Å². The number of carbonyl (C=O) groups excluding carboxylic acids is 1. The van der Waals surface area contributed by atoms with Crippen molar-refractivity contribution in [1.29, 1.82) is 0 Å². The zero-order chi connectivity index (χ0) is 14.3. The van der Waals surface area contributed by atoms with Gasteiger partial charge in [0.15, 0.2) is 0 Å². The molecule has 3 N–H and O–H groups in total. The van der Waals surface area contributed by atoms with E-state index < -0.39 is 0 Å². The lowest BCUT2D eigenvalue weighted by Gasteiger charge is -2.12. The zero-order valence-corrected chi connectivity index (χ0v) is 12.0. The molecule has 0 unspecified atom stereocenters. The van der Waals surface area contributed by atoms with Gasteiger partial charge in [0.2, 0.25) is 0 Å². The zero-order valence-electron chi connectivity index (χ0n) is 12.0. The van der Waals surface area contributed by atoms with Gasteiger partial charge in [0.1, 0.15) is 0 Å². The predicted octanol–water partition coefficient (Wildman–Crippen LogP) is 3.29. The summed E-state index contributed by atoms with van der Waals surface area (Å²) < 4.78 is 5.07. The van der Waals surface area contributed by atoms with Crippen LogP contribution in [0.1, 0.15) is 44.0 Å². The van der Waals surface area contributed by atoms with E-state index in [2.05, 4.69) is 19.2 Å². The molecule has 1 aromatic carbocycles. The van der Waals surface area contributed by atoms with E-state index in [1.807, 2.05) is 13.0 Å². The lowest BCUT2D eigenvalue weighted by Crippen LogP contribution is -2.09. The van der Waals surface area contributed by atoms with Crippen molar-refractivity contribution in [3.05, 3.63) is 23.8 Å². The van der Waals surface area contributed by atoms with Crippen molar-refractivity contribution in [3.63, 3.8) is 0 Å². The minimum Gasteiger partial charge on any atom is -0.462 e. The highest BCUT2D eigenvalue weighted by Crippen LogP contribution is 2.20. The van der Waals surface area contributed by atoms with Crippen molar-refractivity contribution in [2.45, 2.75) is 33.6 Å². The van der Waals surface area contributed by atoms with Crippen LogP contribution in [0.25, 0.3) is 0 Å². The molecule has 0 heterocycles. The Kier molecular flexibility index (Phi) is 6.19. The van der Waals surface area contributed by atoms with Crippen molar-refractivity contribution in [3.8, 4) is 0 Å². The molecule has 106 valence electrons.